The van der Waals surface area contributed by atoms with Crippen LogP contribution < -0.4 is 10.6 Å². The minimum Gasteiger partial charge on any atom is -0.394 e. The van der Waals surface area contributed by atoms with Gasteiger partial charge in [-0.25, -0.2) is 13.8 Å². The van der Waals surface area contributed by atoms with E-state index in [4.69, 9.17) is 9.84 Å². The summed E-state index contributed by atoms with van der Waals surface area (Å²) in [7, 11) is 1.69. The van der Waals surface area contributed by atoms with Gasteiger partial charge in [0.2, 0.25) is 0 Å². The second kappa shape index (κ2) is 9.46. The second-order valence-electron chi connectivity index (χ2n) is 6.18. The average molecular weight is 516 g/mol. The zero-order chi connectivity index (χ0) is 21.0. The summed E-state index contributed by atoms with van der Waals surface area (Å²) in [6, 6.07) is 5.95. The van der Waals surface area contributed by atoms with Gasteiger partial charge in [0, 0.05) is 17.2 Å². The molecule has 0 spiro atoms. The highest BCUT2D eigenvalue weighted by Gasteiger charge is 2.22. The first-order valence-electron chi connectivity index (χ1n) is 8.74. The van der Waals surface area contributed by atoms with Crippen LogP contribution in [0.25, 0.3) is 11.0 Å². The summed E-state index contributed by atoms with van der Waals surface area (Å²) in [6.45, 7) is 0.398. The van der Waals surface area contributed by atoms with E-state index in [-0.39, 0.29) is 48.8 Å². The maximum atomic E-state index is 15.2. The molecule has 0 unspecified atom stereocenters. The Morgan fingerprint density at radius 1 is 1.31 bits per heavy atom. The first kappa shape index (κ1) is 21.4. The molecule has 3 N–H and O–H groups in total. The summed E-state index contributed by atoms with van der Waals surface area (Å²) in [5.41, 5.74) is 0.394. The van der Waals surface area contributed by atoms with E-state index in [0.29, 0.717) is 9.09 Å². The number of carbonyl (C=O) groups excluding carboxylic acids is 1. The number of ether oxygens (including phenoxy) is 1. The van der Waals surface area contributed by atoms with Gasteiger partial charge in [0.25, 0.3) is 5.91 Å². The number of nitrogens with zero attached hydrogens (tertiary/aromatic N) is 2. The smallest absolute Gasteiger partial charge is 0.253 e. The third kappa shape index (κ3) is 4.82. The summed E-state index contributed by atoms with van der Waals surface area (Å²) in [5.74, 6) is -1.86. The van der Waals surface area contributed by atoms with E-state index in [9.17, 15) is 9.18 Å². The fourth-order valence-corrected chi connectivity index (χ4v) is 3.20. The number of hydrogen-bond acceptors (Lipinski definition) is 5. The third-order valence-electron chi connectivity index (χ3n) is 4.16. The van der Waals surface area contributed by atoms with Gasteiger partial charge in [-0.15, -0.1) is 0 Å². The van der Waals surface area contributed by atoms with Crippen molar-refractivity contribution in [2.75, 3.05) is 31.7 Å². The SMILES string of the molecule is Cn1cnc2c(F)c(Nc3ccc(I)cc3F)c(C(=O)NCCOCCO)cc21. The third-order valence-corrected chi connectivity index (χ3v) is 4.83. The second-order valence-corrected chi connectivity index (χ2v) is 7.42. The molecule has 0 aliphatic rings. The van der Waals surface area contributed by atoms with Gasteiger partial charge in [-0.2, -0.15) is 0 Å². The summed E-state index contributed by atoms with van der Waals surface area (Å²) in [5, 5.41) is 14.0. The van der Waals surface area contributed by atoms with Gasteiger partial charge in [0.05, 0.1) is 48.6 Å². The van der Waals surface area contributed by atoms with Crippen LogP contribution in [-0.2, 0) is 11.8 Å². The van der Waals surface area contributed by atoms with Crippen molar-refractivity contribution in [3.8, 4) is 0 Å². The van der Waals surface area contributed by atoms with Crippen molar-refractivity contribution < 1.29 is 23.4 Å². The fourth-order valence-electron chi connectivity index (χ4n) is 2.75. The highest BCUT2D eigenvalue weighted by Crippen LogP contribution is 2.31. The Morgan fingerprint density at radius 3 is 2.83 bits per heavy atom. The molecular weight excluding hydrogens is 497 g/mol. The highest BCUT2D eigenvalue weighted by atomic mass is 127. The number of aliphatic hydroxyl groups excluding tert-OH is 1. The normalized spacial score (nSPS) is 11.1. The molecule has 7 nitrogen and oxygen atoms in total. The Kier molecular flexibility index (Phi) is 6.98. The molecule has 0 saturated carbocycles. The largest absolute Gasteiger partial charge is 0.394 e. The number of nitrogens with one attached hydrogen (secondary N) is 2. The minimum absolute atomic E-state index is 0.0127. The van der Waals surface area contributed by atoms with E-state index in [1.54, 1.807) is 17.7 Å². The Morgan fingerprint density at radius 2 is 2.10 bits per heavy atom. The molecule has 0 aliphatic heterocycles. The first-order valence-corrected chi connectivity index (χ1v) is 9.82. The lowest BCUT2D eigenvalue weighted by molar-refractivity contribution is 0.0838. The van der Waals surface area contributed by atoms with Gasteiger partial charge in [-0.05, 0) is 46.9 Å². The standard InChI is InChI=1S/C19H19F2IN4O3/c1-26-10-24-18-15(26)9-12(19(28)23-4-6-29-7-5-27)17(16(18)21)25-14-3-2-11(22)8-13(14)20/h2-3,8-10,25,27H,4-7H2,1H3,(H,23,28). The van der Waals surface area contributed by atoms with Crippen LogP contribution in [0.2, 0.25) is 0 Å². The van der Waals surface area contributed by atoms with Crippen LogP contribution in [0.1, 0.15) is 10.4 Å². The number of benzene rings is 2. The van der Waals surface area contributed by atoms with E-state index >= 15 is 4.39 Å². The minimum atomic E-state index is -0.747. The number of aliphatic hydroxyl groups is 1. The van der Waals surface area contributed by atoms with Crippen molar-refractivity contribution in [2.45, 2.75) is 0 Å². The molecule has 3 aromatic rings. The summed E-state index contributed by atoms with van der Waals surface area (Å²) in [6.07, 6.45) is 1.44. The molecule has 154 valence electrons. The molecule has 1 aromatic heterocycles. The molecule has 29 heavy (non-hydrogen) atoms. The summed E-state index contributed by atoms with van der Waals surface area (Å²) < 4.78 is 36.9. The molecule has 0 fully saturated rings. The molecule has 0 radical (unpaired) electrons. The van der Waals surface area contributed by atoms with E-state index in [2.05, 4.69) is 15.6 Å². The Hall–Kier alpha value is -2.31. The van der Waals surface area contributed by atoms with Crippen LogP contribution in [0.4, 0.5) is 20.2 Å². The van der Waals surface area contributed by atoms with Crippen LogP contribution in [0.15, 0.2) is 30.6 Å². The molecular formula is C19H19F2IN4O3. The predicted molar refractivity (Wildman–Crippen MR) is 113 cm³/mol. The monoisotopic (exact) mass is 516 g/mol. The molecule has 1 amide bonds. The average Bonchev–Trinajstić information content (AvgIpc) is 3.06. The maximum absolute atomic E-state index is 15.2. The zero-order valence-corrected chi connectivity index (χ0v) is 17.7. The summed E-state index contributed by atoms with van der Waals surface area (Å²) >= 11 is 1.97. The molecule has 0 aliphatic carbocycles. The van der Waals surface area contributed by atoms with Crippen molar-refractivity contribution in [2.24, 2.45) is 7.05 Å². The van der Waals surface area contributed by atoms with E-state index < -0.39 is 17.5 Å². The molecule has 1 heterocycles. The Bertz CT molecular complexity index is 1040. The number of anilines is 2. The lowest BCUT2D eigenvalue weighted by atomic mass is 10.1. The van der Waals surface area contributed by atoms with Gasteiger partial charge in [-0.1, -0.05) is 0 Å². The summed E-state index contributed by atoms with van der Waals surface area (Å²) in [4.78, 5) is 16.7. The topological polar surface area (TPSA) is 88.4 Å². The lowest BCUT2D eigenvalue weighted by Crippen LogP contribution is -2.28. The van der Waals surface area contributed by atoms with Crippen LogP contribution in [0.3, 0.4) is 0 Å². The van der Waals surface area contributed by atoms with Crippen molar-refractivity contribution in [1.29, 1.82) is 0 Å². The fraction of sp³-hybridized carbons (Fsp3) is 0.263. The Labute approximate surface area is 179 Å². The predicted octanol–water partition coefficient (Wildman–Crippen LogP) is 2.94. The van der Waals surface area contributed by atoms with Crippen molar-refractivity contribution in [1.82, 2.24) is 14.9 Å². The highest BCUT2D eigenvalue weighted by molar-refractivity contribution is 14.1. The first-order chi connectivity index (χ1) is 13.9. The van der Waals surface area contributed by atoms with Gasteiger partial charge in [-0.3, -0.25) is 4.79 Å². The van der Waals surface area contributed by atoms with Crippen LogP contribution in [-0.4, -0.2) is 46.9 Å². The number of amides is 1. The van der Waals surface area contributed by atoms with E-state index in [1.807, 2.05) is 22.6 Å². The van der Waals surface area contributed by atoms with Crippen LogP contribution >= 0.6 is 22.6 Å². The van der Waals surface area contributed by atoms with Gasteiger partial charge >= 0.3 is 0 Å². The van der Waals surface area contributed by atoms with E-state index in [0.717, 1.165) is 0 Å². The number of halogens is 3. The number of rotatable bonds is 8. The number of hydrogen-bond donors (Lipinski definition) is 3. The zero-order valence-electron chi connectivity index (χ0n) is 15.5. The van der Waals surface area contributed by atoms with Gasteiger partial charge in [0.15, 0.2) is 5.82 Å². The number of aromatic nitrogens is 2. The van der Waals surface area contributed by atoms with Crippen molar-refractivity contribution in [3.63, 3.8) is 0 Å². The lowest BCUT2D eigenvalue weighted by Gasteiger charge is -2.15. The number of carbonyl (C=O) groups is 1. The molecule has 0 saturated heterocycles. The van der Waals surface area contributed by atoms with E-state index in [1.165, 1.54) is 24.5 Å². The number of imidazole rings is 1. The molecule has 10 heteroatoms. The molecule has 2 aromatic carbocycles. The quantitative estimate of drug-likeness (QED) is 0.317. The van der Waals surface area contributed by atoms with Crippen molar-refractivity contribution in [3.05, 3.63) is 51.4 Å². The van der Waals surface area contributed by atoms with Crippen LogP contribution in [0, 0.1) is 15.2 Å². The molecule has 3 rings (SSSR count). The van der Waals surface area contributed by atoms with Crippen LogP contribution in [0.5, 0.6) is 0 Å². The molecule has 0 atom stereocenters. The number of aryl methyl sites for hydroxylation is 1. The molecule has 0 bridgehead atoms. The van der Waals surface area contributed by atoms with Gasteiger partial charge < -0.3 is 25.0 Å². The van der Waals surface area contributed by atoms with Crippen molar-refractivity contribution >= 4 is 50.9 Å². The Balaban J connectivity index is 1.96. The maximum Gasteiger partial charge on any atom is 0.253 e. The number of fused-ring (bicyclic) bond motifs is 1. The van der Waals surface area contributed by atoms with Gasteiger partial charge in [0.1, 0.15) is 11.3 Å².